The van der Waals surface area contributed by atoms with Crippen LogP contribution < -0.4 is 0 Å². The molecule has 0 aromatic heterocycles. The van der Waals surface area contributed by atoms with E-state index >= 15 is 0 Å². The number of allylic oxidation sites excluding steroid dienone is 3. The average molecular weight is 485 g/mol. The van der Waals surface area contributed by atoms with E-state index in [1.54, 1.807) is 0 Å². The molecule has 1 unspecified atom stereocenters. The molecule has 8 heteroatoms. The van der Waals surface area contributed by atoms with Crippen molar-refractivity contribution < 1.29 is 38.1 Å². The first-order valence-electron chi connectivity index (χ1n) is 12.2. The van der Waals surface area contributed by atoms with Crippen molar-refractivity contribution in [2.24, 2.45) is 22.7 Å². The molecule has 7 atom stereocenters. The van der Waals surface area contributed by atoms with Gasteiger partial charge in [0.15, 0.2) is 12.2 Å². The summed E-state index contributed by atoms with van der Waals surface area (Å²) >= 11 is 0. The lowest BCUT2D eigenvalue weighted by Gasteiger charge is -2.54. The molecule has 5 rings (SSSR count). The Kier molecular flexibility index (Phi) is 5.23. The van der Waals surface area contributed by atoms with Crippen molar-refractivity contribution in [2.45, 2.75) is 77.6 Å². The van der Waals surface area contributed by atoms with Crippen LogP contribution in [0.2, 0.25) is 0 Å². The van der Waals surface area contributed by atoms with Crippen LogP contribution in [0.15, 0.2) is 35.6 Å². The summed E-state index contributed by atoms with van der Waals surface area (Å²) in [5.41, 5.74) is -1.77. The Bertz CT molecular complexity index is 1120. The number of carbonyl (C=O) groups is 4. The summed E-state index contributed by atoms with van der Waals surface area (Å²) < 4.78 is 22.8. The first-order valence-corrected chi connectivity index (χ1v) is 12.2. The van der Waals surface area contributed by atoms with Gasteiger partial charge in [0, 0.05) is 31.6 Å². The monoisotopic (exact) mass is 484 g/mol. The Labute approximate surface area is 204 Å². The van der Waals surface area contributed by atoms with Gasteiger partial charge < -0.3 is 18.9 Å². The van der Waals surface area contributed by atoms with Crippen LogP contribution in [0.5, 0.6) is 0 Å². The van der Waals surface area contributed by atoms with E-state index in [0.717, 1.165) is 12.0 Å². The summed E-state index contributed by atoms with van der Waals surface area (Å²) in [7, 11) is 0. The number of hydrogen-bond acceptors (Lipinski definition) is 8. The minimum atomic E-state index is -1.35. The van der Waals surface area contributed by atoms with Crippen LogP contribution in [0, 0.1) is 22.7 Å². The molecule has 0 amide bonds. The van der Waals surface area contributed by atoms with E-state index in [1.807, 2.05) is 19.1 Å². The largest absolute Gasteiger partial charge is 0.458 e. The van der Waals surface area contributed by atoms with Crippen LogP contribution in [0.3, 0.4) is 0 Å². The maximum absolute atomic E-state index is 13.5. The maximum Gasteiger partial charge on any atom is 0.308 e. The lowest BCUT2D eigenvalue weighted by Crippen LogP contribution is -2.62. The number of hydrogen-bond donors (Lipinski definition) is 0. The Balaban J connectivity index is 1.51. The minimum Gasteiger partial charge on any atom is -0.458 e. The SMILES string of the molecule is CC(=O)OCC(=O)[C@@]1(OC(C)=O)CC[C@H]2[C@@H]3CC=C4C=C(OC(C)=O)C=C[C@]4(C)[C@]34OC4C[C@@]21C. The highest BCUT2D eigenvalue weighted by molar-refractivity contribution is 5.93. The van der Waals surface area contributed by atoms with Gasteiger partial charge in [-0.2, -0.15) is 0 Å². The van der Waals surface area contributed by atoms with Crippen molar-refractivity contribution in [3.8, 4) is 0 Å². The Morgan fingerprint density at radius 1 is 1.06 bits per heavy atom. The van der Waals surface area contributed by atoms with Gasteiger partial charge in [-0.15, -0.1) is 0 Å². The number of Topliss-reactive ketones (excluding diaryl/α,β-unsaturated/α-hetero) is 1. The lowest BCUT2D eigenvalue weighted by molar-refractivity contribution is -0.187. The normalized spacial score (nSPS) is 42.3. The van der Waals surface area contributed by atoms with Crippen molar-refractivity contribution in [3.63, 3.8) is 0 Å². The summed E-state index contributed by atoms with van der Waals surface area (Å²) in [6, 6.07) is 0. The third kappa shape index (κ3) is 3.14. The van der Waals surface area contributed by atoms with Crippen molar-refractivity contribution in [3.05, 3.63) is 35.6 Å². The molecule has 1 aliphatic heterocycles. The fourth-order valence-electron chi connectivity index (χ4n) is 7.83. The molecule has 3 fully saturated rings. The second-order valence-corrected chi connectivity index (χ2v) is 11.0. The Morgan fingerprint density at radius 3 is 2.46 bits per heavy atom. The summed E-state index contributed by atoms with van der Waals surface area (Å²) in [4.78, 5) is 48.6. The van der Waals surface area contributed by atoms with E-state index in [0.29, 0.717) is 25.0 Å². The van der Waals surface area contributed by atoms with E-state index in [1.165, 1.54) is 20.8 Å². The van der Waals surface area contributed by atoms with Crippen molar-refractivity contribution in [2.75, 3.05) is 6.61 Å². The lowest BCUT2D eigenvalue weighted by atomic mass is 9.48. The summed E-state index contributed by atoms with van der Waals surface area (Å²) in [5.74, 6) is -1.10. The number of carbonyl (C=O) groups excluding carboxylic acids is 4. The fraction of sp³-hybridized carbons (Fsp3) is 0.630. The molecule has 0 bridgehead atoms. The predicted molar refractivity (Wildman–Crippen MR) is 122 cm³/mol. The molecule has 4 aliphatic carbocycles. The molecule has 2 saturated carbocycles. The molecule has 1 heterocycles. The predicted octanol–water partition coefficient (Wildman–Crippen LogP) is 3.35. The molecule has 1 saturated heterocycles. The maximum atomic E-state index is 13.5. The second kappa shape index (κ2) is 7.63. The third-order valence-corrected chi connectivity index (χ3v) is 9.27. The molecule has 8 nitrogen and oxygen atoms in total. The van der Waals surface area contributed by atoms with Crippen LogP contribution in [-0.4, -0.2) is 47.6 Å². The van der Waals surface area contributed by atoms with Crippen molar-refractivity contribution >= 4 is 23.7 Å². The molecular weight excluding hydrogens is 452 g/mol. The number of epoxide rings is 1. The second-order valence-electron chi connectivity index (χ2n) is 11.0. The molecule has 0 aromatic carbocycles. The molecule has 0 N–H and O–H groups in total. The van der Waals surface area contributed by atoms with Crippen LogP contribution in [0.1, 0.15) is 60.3 Å². The molecular formula is C27H32O8. The van der Waals surface area contributed by atoms with Crippen LogP contribution in [0.25, 0.3) is 0 Å². The third-order valence-electron chi connectivity index (χ3n) is 9.27. The van der Waals surface area contributed by atoms with Crippen LogP contribution in [-0.2, 0) is 38.1 Å². The average Bonchev–Trinajstić information content (AvgIpc) is 3.41. The zero-order valence-electron chi connectivity index (χ0n) is 20.8. The molecule has 188 valence electrons. The van der Waals surface area contributed by atoms with Gasteiger partial charge in [0.2, 0.25) is 5.78 Å². The smallest absolute Gasteiger partial charge is 0.308 e. The van der Waals surface area contributed by atoms with Gasteiger partial charge in [-0.05, 0) is 62.2 Å². The Morgan fingerprint density at radius 2 is 1.80 bits per heavy atom. The summed E-state index contributed by atoms with van der Waals surface area (Å²) in [5, 5.41) is 0. The van der Waals surface area contributed by atoms with Gasteiger partial charge >= 0.3 is 17.9 Å². The molecule has 1 spiro atoms. The van der Waals surface area contributed by atoms with Gasteiger partial charge in [-0.25, -0.2) is 0 Å². The van der Waals surface area contributed by atoms with E-state index in [2.05, 4.69) is 19.1 Å². The minimum absolute atomic E-state index is 0.0729. The van der Waals surface area contributed by atoms with Gasteiger partial charge in [0.1, 0.15) is 11.4 Å². The van der Waals surface area contributed by atoms with E-state index < -0.39 is 40.6 Å². The topological polar surface area (TPSA) is 109 Å². The van der Waals surface area contributed by atoms with E-state index in [9.17, 15) is 19.2 Å². The van der Waals surface area contributed by atoms with E-state index in [-0.39, 0.29) is 29.7 Å². The highest BCUT2D eigenvalue weighted by atomic mass is 16.6. The zero-order valence-corrected chi connectivity index (χ0v) is 20.8. The molecule has 0 radical (unpaired) electrons. The van der Waals surface area contributed by atoms with Crippen molar-refractivity contribution in [1.29, 1.82) is 0 Å². The fourth-order valence-corrected chi connectivity index (χ4v) is 7.83. The Hall–Kier alpha value is -2.74. The first-order chi connectivity index (χ1) is 16.4. The van der Waals surface area contributed by atoms with Gasteiger partial charge in [0.25, 0.3) is 0 Å². The van der Waals surface area contributed by atoms with Gasteiger partial charge in [-0.1, -0.05) is 19.1 Å². The molecule has 0 aromatic rings. The number of ketones is 1. The highest BCUT2D eigenvalue weighted by Crippen LogP contribution is 2.75. The van der Waals surface area contributed by atoms with Crippen LogP contribution in [0.4, 0.5) is 0 Å². The number of rotatable bonds is 5. The van der Waals surface area contributed by atoms with Crippen LogP contribution >= 0.6 is 0 Å². The summed E-state index contributed by atoms with van der Waals surface area (Å²) in [6.45, 7) is 7.72. The van der Waals surface area contributed by atoms with Crippen molar-refractivity contribution in [1.82, 2.24) is 0 Å². The van der Waals surface area contributed by atoms with Gasteiger partial charge in [-0.3, -0.25) is 19.2 Å². The highest BCUT2D eigenvalue weighted by Gasteiger charge is 2.81. The van der Waals surface area contributed by atoms with Gasteiger partial charge in [0.05, 0.1) is 6.10 Å². The van der Waals surface area contributed by atoms with E-state index in [4.69, 9.17) is 18.9 Å². The molecule has 35 heavy (non-hydrogen) atoms. The number of fused-ring (bicyclic) bond motifs is 3. The summed E-state index contributed by atoms with van der Waals surface area (Å²) in [6.07, 6.45) is 10.3. The zero-order chi connectivity index (χ0) is 25.4. The number of esters is 3. The molecule has 5 aliphatic rings. The quantitative estimate of drug-likeness (QED) is 0.332. The first kappa shape index (κ1) is 24.0. The standard InChI is InChI=1S/C27H32O8/c1-15(28)32-14-22(31)26(34-17(3)30)11-9-20-21-7-6-18-12-19(33-16(2)29)8-10-24(18,4)27(21)23(35-27)13-25(20,26)5/h6,8,10,12,20-21,23H,7,9,11,13-14H2,1-5H3/t20-,21-,23?,24-,25-,26-,27-/m0/s1. The number of ether oxygens (including phenoxy) is 4.